The fraction of sp³-hybridized carbons (Fsp3) is 0.318. The highest BCUT2D eigenvalue weighted by atomic mass is 35.5. The van der Waals surface area contributed by atoms with Crippen molar-refractivity contribution < 1.29 is 13.9 Å². The van der Waals surface area contributed by atoms with E-state index >= 15 is 0 Å². The van der Waals surface area contributed by atoms with Crippen LogP contribution in [0.2, 0.25) is 5.02 Å². The summed E-state index contributed by atoms with van der Waals surface area (Å²) in [6.45, 7) is 4.69. The van der Waals surface area contributed by atoms with Crippen LogP contribution in [0.15, 0.2) is 53.7 Å². The van der Waals surface area contributed by atoms with Crippen LogP contribution < -0.4 is 0 Å². The van der Waals surface area contributed by atoms with E-state index in [0.29, 0.717) is 28.1 Å². The number of hydrogen-bond donors (Lipinski definition) is 0. The molecule has 4 rings (SSSR count). The number of carbonyl (C=O) groups excluding carboxylic acids is 1. The van der Waals surface area contributed by atoms with Crippen molar-refractivity contribution in [3.8, 4) is 11.4 Å². The predicted molar refractivity (Wildman–Crippen MR) is 119 cm³/mol. The Bertz CT molecular complexity index is 1020. The number of Topliss-reactive ketones (excluding diaryl/α,β-unsaturated/α-hetero) is 1. The van der Waals surface area contributed by atoms with Crippen molar-refractivity contribution in [1.82, 2.24) is 19.7 Å². The predicted octanol–water partition coefficient (Wildman–Crippen LogP) is 4.04. The van der Waals surface area contributed by atoms with Crippen LogP contribution in [0.3, 0.4) is 0 Å². The zero-order valence-electron chi connectivity index (χ0n) is 16.8. The topological polar surface area (TPSA) is 60.2 Å². The third-order valence-electron chi connectivity index (χ3n) is 5.06. The number of benzene rings is 2. The zero-order chi connectivity index (χ0) is 21.6. The molecule has 0 atom stereocenters. The minimum atomic E-state index is -0.300. The fourth-order valence-electron chi connectivity index (χ4n) is 3.32. The van der Waals surface area contributed by atoms with Crippen LogP contribution in [0, 0.1) is 5.82 Å². The van der Waals surface area contributed by atoms with Crippen molar-refractivity contribution in [1.29, 1.82) is 0 Å². The summed E-state index contributed by atoms with van der Waals surface area (Å²) in [4.78, 5) is 14.9. The number of morpholine rings is 1. The Balaban J connectivity index is 1.51. The molecule has 9 heteroatoms. The summed E-state index contributed by atoms with van der Waals surface area (Å²) in [6.07, 6.45) is 0. The van der Waals surface area contributed by atoms with E-state index in [2.05, 4.69) is 15.1 Å². The molecule has 31 heavy (non-hydrogen) atoms. The van der Waals surface area contributed by atoms with Gasteiger partial charge in [-0.05, 0) is 48.5 Å². The molecule has 0 aliphatic carbocycles. The maximum absolute atomic E-state index is 13.4. The molecule has 3 aromatic rings. The monoisotopic (exact) mass is 460 g/mol. The van der Waals surface area contributed by atoms with E-state index in [4.69, 9.17) is 16.3 Å². The first-order chi connectivity index (χ1) is 15.1. The number of ketones is 1. The first-order valence-electron chi connectivity index (χ1n) is 10.0. The lowest BCUT2D eigenvalue weighted by atomic mass is 10.1. The van der Waals surface area contributed by atoms with E-state index in [-0.39, 0.29) is 17.4 Å². The number of halogens is 2. The van der Waals surface area contributed by atoms with Crippen LogP contribution >= 0.6 is 23.4 Å². The number of ether oxygens (including phenoxy) is 1. The first kappa shape index (κ1) is 22.0. The van der Waals surface area contributed by atoms with Crippen molar-refractivity contribution in [3.05, 3.63) is 64.9 Å². The molecule has 1 aromatic heterocycles. The quantitative estimate of drug-likeness (QED) is 0.373. The van der Waals surface area contributed by atoms with Gasteiger partial charge in [0.05, 0.1) is 19.0 Å². The summed E-state index contributed by atoms with van der Waals surface area (Å²) in [6, 6.07) is 13.1. The van der Waals surface area contributed by atoms with Gasteiger partial charge in [0.25, 0.3) is 0 Å². The molecule has 1 fully saturated rings. The Morgan fingerprint density at radius 3 is 2.45 bits per heavy atom. The van der Waals surface area contributed by atoms with Crippen LogP contribution in [0.1, 0.15) is 10.4 Å². The highest BCUT2D eigenvalue weighted by Crippen LogP contribution is 2.25. The van der Waals surface area contributed by atoms with Crippen molar-refractivity contribution in [2.45, 2.75) is 11.7 Å². The Morgan fingerprint density at radius 1 is 1.03 bits per heavy atom. The van der Waals surface area contributed by atoms with Gasteiger partial charge in [-0.15, -0.1) is 10.2 Å². The summed E-state index contributed by atoms with van der Waals surface area (Å²) >= 11 is 7.26. The van der Waals surface area contributed by atoms with Crippen LogP contribution in [0.5, 0.6) is 0 Å². The van der Waals surface area contributed by atoms with E-state index in [9.17, 15) is 9.18 Å². The molecule has 6 nitrogen and oxygen atoms in total. The maximum atomic E-state index is 13.4. The summed E-state index contributed by atoms with van der Waals surface area (Å²) < 4.78 is 20.8. The fourth-order valence-corrected chi connectivity index (χ4v) is 4.31. The molecule has 1 aliphatic rings. The third-order valence-corrected chi connectivity index (χ3v) is 6.28. The molecule has 0 saturated carbocycles. The van der Waals surface area contributed by atoms with E-state index in [1.807, 2.05) is 4.57 Å². The van der Waals surface area contributed by atoms with Gasteiger partial charge in [-0.1, -0.05) is 23.4 Å². The highest BCUT2D eigenvalue weighted by molar-refractivity contribution is 7.99. The number of aromatic nitrogens is 3. The van der Waals surface area contributed by atoms with E-state index in [1.165, 1.54) is 23.9 Å². The lowest BCUT2D eigenvalue weighted by Crippen LogP contribution is -2.38. The molecule has 0 spiro atoms. The Kier molecular flexibility index (Phi) is 7.34. The summed E-state index contributed by atoms with van der Waals surface area (Å²) in [7, 11) is 0. The molecule has 162 valence electrons. The van der Waals surface area contributed by atoms with Crippen LogP contribution in [-0.4, -0.2) is 64.0 Å². The molecular formula is C22H22ClFN4O2S. The largest absolute Gasteiger partial charge is 0.379 e. The maximum Gasteiger partial charge on any atom is 0.191 e. The third kappa shape index (κ3) is 5.71. The Labute approximate surface area is 189 Å². The molecule has 0 N–H and O–H groups in total. The Hall–Kier alpha value is -2.26. The second-order valence-electron chi connectivity index (χ2n) is 7.14. The molecule has 2 heterocycles. The molecule has 0 radical (unpaired) electrons. The highest BCUT2D eigenvalue weighted by Gasteiger charge is 2.18. The molecule has 2 aromatic carbocycles. The molecule has 0 bridgehead atoms. The summed E-state index contributed by atoms with van der Waals surface area (Å²) in [5, 5.41) is 9.92. The number of rotatable bonds is 8. The van der Waals surface area contributed by atoms with E-state index in [0.717, 1.165) is 38.4 Å². The smallest absolute Gasteiger partial charge is 0.191 e. The van der Waals surface area contributed by atoms with Gasteiger partial charge < -0.3 is 9.30 Å². The normalized spacial score (nSPS) is 14.6. The number of hydrogen-bond acceptors (Lipinski definition) is 6. The number of carbonyl (C=O) groups is 1. The van der Waals surface area contributed by atoms with Gasteiger partial charge in [0.1, 0.15) is 5.82 Å². The molecule has 0 unspecified atom stereocenters. The lowest BCUT2D eigenvalue weighted by Gasteiger charge is -2.27. The van der Waals surface area contributed by atoms with Gasteiger partial charge in [0, 0.05) is 42.3 Å². The average Bonchev–Trinajstić information content (AvgIpc) is 3.20. The van der Waals surface area contributed by atoms with Gasteiger partial charge in [0.15, 0.2) is 16.8 Å². The standard InChI is InChI=1S/C22H22ClFN4O2S/c23-18-5-1-16(2-6-18)20(29)15-31-22-26-25-21(17-3-7-19(24)8-4-17)28(22)10-9-27-11-13-30-14-12-27/h1-8H,9-15H2. The van der Waals surface area contributed by atoms with Crippen LogP contribution in [-0.2, 0) is 11.3 Å². The van der Waals surface area contributed by atoms with E-state index in [1.54, 1.807) is 36.4 Å². The van der Waals surface area contributed by atoms with Crippen molar-refractivity contribution in [3.63, 3.8) is 0 Å². The molecule has 0 amide bonds. The summed E-state index contributed by atoms with van der Waals surface area (Å²) in [5.74, 6) is 0.592. The van der Waals surface area contributed by atoms with Crippen molar-refractivity contribution >= 4 is 29.1 Å². The van der Waals surface area contributed by atoms with Gasteiger partial charge in [0.2, 0.25) is 0 Å². The van der Waals surface area contributed by atoms with Gasteiger partial charge in [-0.2, -0.15) is 0 Å². The van der Waals surface area contributed by atoms with E-state index < -0.39 is 0 Å². The SMILES string of the molecule is O=C(CSc1nnc(-c2ccc(F)cc2)n1CCN1CCOCC1)c1ccc(Cl)cc1. The molecule has 1 saturated heterocycles. The summed E-state index contributed by atoms with van der Waals surface area (Å²) in [5.41, 5.74) is 1.39. The van der Waals surface area contributed by atoms with Crippen molar-refractivity contribution in [2.24, 2.45) is 0 Å². The second-order valence-corrected chi connectivity index (χ2v) is 8.52. The second kappa shape index (κ2) is 10.4. The average molecular weight is 461 g/mol. The van der Waals surface area contributed by atoms with Crippen LogP contribution in [0.25, 0.3) is 11.4 Å². The Morgan fingerprint density at radius 2 is 1.74 bits per heavy atom. The molecule has 1 aliphatic heterocycles. The van der Waals surface area contributed by atoms with Gasteiger partial charge in [-0.3, -0.25) is 9.69 Å². The number of nitrogens with zero attached hydrogens (tertiary/aromatic N) is 4. The van der Waals surface area contributed by atoms with Gasteiger partial charge in [-0.25, -0.2) is 4.39 Å². The van der Waals surface area contributed by atoms with Gasteiger partial charge >= 0.3 is 0 Å². The van der Waals surface area contributed by atoms with Crippen LogP contribution in [0.4, 0.5) is 4.39 Å². The first-order valence-corrected chi connectivity index (χ1v) is 11.4. The zero-order valence-corrected chi connectivity index (χ0v) is 18.4. The van der Waals surface area contributed by atoms with Crippen molar-refractivity contribution in [2.75, 3.05) is 38.6 Å². The minimum absolute atomic E-state index is 0.00673. The number of thioether (sulfide) groups is 1. The lowest BCUT2D eigenvalue weighted by molar-refractivity contribution is 0.0361. The minimum Gasteiger partial charge on any atom is -0.379 e. The molecular weight excluding hydrogens is 439 g/mol.